The van der Waals surface area contributed by atoms with Gasteiger partial charge in [-0.05, 0) is 25.7 Å². The van der Waals surface area contributed by atoms with E-state index in [9.17, 15) is 9.59 Å². The molecule has 0 heterocycles. The second-order valence-electron chi connectivity index (χ2n) is 5.14. The first kappa shape index (κ1) is 18.6. The van der Waals surface area contributed by atoms with Crippen molar-refractivity contribution in [2.75, 3.05) is 14.2 Å². The Kier molecular flexibility index (Phi) is 8.88. The number of nitrogens with one attached hydrogen (secondary N) is 1. The van der Waals surface area contributed by atoms with Crippen LogP contribution < -0.4 is 5.32 Å². The van der Waals surface area contributed by atoms with Crippen molar-refractivity contribution in [1.82, 2.24) is 5.32 Å². The monoisotopic (exact) mass is 285 g/mol. The highest BCUT2D eigenvalue weighted by Crippen LogP contribution is 2.17. The van der Waals surface area contributed by atoms with Crippen LogP contribution in [0, 0.1) is 11.8 Å². The number of carbonyl (C=O) groups excluding carboxylic acids is 2. The summed E-state index contributed by atoms with van der Waals surface area (Å²) >= 11 is 0. The minimum atomic E-state index is -0.771. The van der Waals surface area contributed by atoms with E-state index in [0.717, 1.165) is 6.42 Å². The van der Waals surface area contributed by atoms with Gasteiger partial charge in [-0.2, -0.15) is 0 Å². The lowest BCUT2D eigenvalue weighted by molar-refractivity contribution is -0.165. The summed E-state index contributed by atoms with van der Waals surface area (Å²) in [6.45, 7) is 9.08. The van der Waals surface area contributed by atoms with Crippen molar-refractivity contribution in [2.24, 2.45) is 11.8 Å². The Balaban J connectivity index is 4.69. The molecule has 0 aliphatic rings. The van der Waals surface area contributed by atoms with Crippen LogP contribution in [0.4, 0.5) is 0 Å². The Bertz CT molecular complexity index is 328. The molecule has 20 heavy (non-hydrogen) atoms. The number of rotatable bonds is 9. The van der Waals surface area contributed by atoms with Crippen LogP contribution in [0.3, 0.4) is 0 Å². The summed E-state index contributed by atoms with van der Waals surface area (Å²) in [5.41, 5.74) is 0. The largest absolute Gasteiger partial charge is 0.452 e. The highest BCUT2D eigenvalue weighted by Gasteiger charge is 2.31. The molecule has 3 atom stereocenters. The predicted molar refractivity (Wildman–Crippen MR) is 78.2 cm³/mol. The molecule has 0 aromatic carbocycles. The molecule has 0 saturated carbocycles. The molecule has 116 valence electrons. The van der Waals surface area contributed by atoms with Crippen LogP contribution in [-0.2, 0) is 19.1 Å². The molecule has 3 unspecified atom stereocenters. The second kappa shape index (κ2) is 9.53. The molecular weight excluding hydrogens is 258 g/mol. The average Bonchev–Trinajstić information content (AvgIpc) is 2.43. The molecule has 0 bridgehead atoms. The fraction of sp³-hybridized carbons (Fsp3) is 0.733. The highest BCUT2D eigenvalue weighted by atomic mass is 16.6. The summed E-state index contributed by atoms with van der Waals surface area (Å²) in [7, 11) is 3.09. The Morgan fingerprint density at radius 1 is 1.30 bits per heavy atom. The van der Waals surface area contributed by atoms with E-state index in [1.807, 2.05) is 13.8 Å². The van der Waals surface area contributed by atoms with Gasteiger partial charge in [-0.25, -0.2) is 0 Å². The van der Waals surface area contributed by atoms with Crippen molar-refractivity contribution >= 4 is 11.9 Å². The van der Waals surface area contributed by atoms with E-state index in [1.54, 1.807) is 20.1 Å². The number of allylic oxidation sites excluding steroid dienone is 1. The molecule has 1 amide bonds. The molecule has 0 rings (SSSR count). The first-order chi connectivity index (χ1) is 9.38. The molecule has 5 nitrogen and oxygen atoms in total. The van der Waals surface area contributed by atoms with Crippen molar-refractivity contribution in [3.63, 3.8) is 0 Å². The molecule has 1 N–H and O–H groups in total. The number of ether oxygens (including phenoxy) is 2. The summed E-state index contributed by atoms with van der Waals surface area (Å²) in [5, 5.41) is 2.51. The third-order valence-corrected chi connectivity index (χ3v) is 3.24. The summed E-state index contributed by atoms with van der Waals surface area (Å²) in [6.07, 6.45) is 2.23. The summed E-state index contributed by atoms with van der Waals surface area (Å²) in [6, 6.07) is 0. The molecule has 0 spiro atoms. The Morgan fingerprint density at radius 2 is 1.90 bits per heavy atom. The van der Waals surface area contributed by atoms with Gasteiger partial charge >= 0.3 is 5.97 Å². The van der Waals surface area contributed by atoms with Gasteiger partial charge in [0.1, 0.15) is 0 Å². The van der Waals surface area contributed by atoms with E-state index in [2.05, 4.69) is 11.9 Å². The fourth-order valence-corrected chi connectivity index (χ4v) is 1.87. The van der Waals surface area contributed by atoms with Gasteiger partial charge in [-0.15, -0.1) is 6.58 Å². The molecule has 0 saturated heterocycles. The zero-order valence-corrected chi connectivity index (χ0v) is 13.1. The van der Waals surface area contributed by atoms with Crippen LogP contribution in [0.1, 0.15) is 33.6 Å². The average molecular weight is 285 g/mol. The lowest BCUT2D eigenvalue weighted by Gasteiger charge is -2.25. The lowest BCUT2D eigenvalue weighted by atomic mass is 9.99. The van der Waals surface area contributed by atoms with Crippen LogP contribution in [0.2, 0.25) is 0 Å². The highest BCUT2D eigenvalue weighted by molar-refractivity contribution is 5.84. The van der Waals surface area contributed by atoms with E-state index in [-0.39, 0.29) is 17.9 Å². The quantitative estimate of drug-likeness (QED) is 0.519. The number of hydrogen-bond acceptors (Lipinski definition) is 4. The fourth-order valence-electron chi connectivity index (χ4n) is 1.87. The van der Waals surface area contributed by atoms with Crippen molar-refractivity contribution in [1.29, 1.82) is 0 Å². The molecular formula is C15H27NO4. The van der Waals surface area contributed by atoms with Gasteiger partial charge in [-0.1, -0.05) is 19.9 Å². The zero-order valence-electron chi connectivity index (χ0n) is 13.1. The van der Waals surface area contributed by atoms with Crippen molar-refractivity contribution in [2.45, 2.75) is 45.8 Å². The number of carbonyl (C=O) groups is 2. The van der Waals surface area contributed by atoms with Gasteiger partial charge in [0.05, 0.1) is 12.0 Å². The number of esters is 1. The maximum absolute atomic E-state index is 12.1. The normalized spacial score (nSPS) is 15.3. The van der Waals surface area contributed by atoms with E-state index in [0.29, 0.717) is 6.42 Å². The molecule has 0 aromatic heterocycles. The van der Waals surface area contributed by atoms with Crippen LogP contribution in [0.25, 0.3) is 0 Å². The minimum absolute atomic E-state index is 0.0831. The first-order valence-corrected chi connectivity index (χ1v) is 6.94. The first-order valence-electron chi connectivity index (χ1n) is 6.94. The van der Waals surface area contributed by atoms with E-state index in [1.165, 1.54) is 7.05 Å². The minimum Gasteiger partial charge on any atom is -0.452 e. The number of methoxy groups -OCH3 is 1. The summed E-state index contributed by atoms with van der Waals surface area (Å²) in [5.74, 6) is -1.21. The van der Waals surface area contributed by atoms with Crippen molar-refractivity contribution < 1.29 is 19.1 Å². The molecule has 5 heteroatoms. The van der Waals surface area contributed by atoms with Gasteiger partial charge in [-0.3, -0.25) is 9.59 Å². The smallest absolute Gasteiger partial charge is 0.312 e. The van der Waals surface area contributed by atoms with E-state index >= 15 is 0 Å². The van der Waals surface area contributed by atoms with Crippen molar-refractivity contribution in [3.8, 4) is 0 Å². The molecule has 0 aliphatic carbocycles. The molecule has 0 aromatic rings. The number of likely N-dealkylation sites (N-methyl/N-ethyl adjacent to an activating group) is 1. The van der Waals surface area contributed by atoms with Crippen LogP contribution in [-0.4, -0.2) is 38.2 Å². The zero-order chi connectivity index (χ0) is 15.7. The summed E-state index contributed by atoms with van der Waals surface area (Å²) in [4.78, 5) is 23.8. The third-order valence-electron chi connectivity index (χ3n) is 3.24. The summed E-state index contributed by atoms with van der Waals surface area (Å²) < 4.78 is 10.6. The van der Waals surface area contributed by atoms with E-state index in [4.69, 9.17) is 9.47 Å². The third kappa shape index (κ3) is 5.74. The molecule has 0 fully saturated rings. The van der Waals surface area contributed by atoms with Gasteiger partial charge < -0.3 is 14.8 Å². The van der Waals surface area contributed by atoms with Crippen LogP contribution in [0.15, 0.2) is 12.7 Å². The predicted octanol–water partition coefficient (Wildman–Crippen LogP) is 1.92. The van der Waals surface area contributed by atoms with Gasteiger partial charge in [0.25, 0.3) is 5.91 Å². The maximum Gasteiger partial charge on any atom is 0.312 e. The SMILES string of the molecule is C=CCCC(OC)C(C)C(=O)OC(C(=O)NC)C(C)C. The Labute approximate surface area is 121 Å². The van der Waals surface area contributed by atoms with Crippen molar-refractivity contribution in [3.05, 3.63) is 12.7 Å². The van der Waals surface area contributed by atoms with Gasteiger partial charge in [0.2, 0.25) is 0 Å². The van der Waals surface area contributed by atoms with Gasteiger partial charge in [0, 0.05) is 14.2 Å². The Morgan fingerprint density at radius 3 is 2.30 bits per heavy atom. The number of hydrogen-bond donors (Lipinski definition) is 1. The number of amides is 1. The van der Waals surface area contributed by atoms with Crippen LogP contribution >= 0.6 is 0 Å². The Hall–Kier alpha value is -1.36. The van der Waals surface area contributed by atoms with Crippen LogP contribution in [0.5, 0.6) is 0 Å². The molecule has 0 radical (unpaired) electrons. The molecule has 0 aliphatic heterocycles. The second-order valence-corrected chi connectivity index (χ2v) is 5.14. The topological polar surface area (TPSA) is 64.6 Å². The standard InChI is InChI=1S/C15H27NO4/c1-7-8-9-12(19-6)11(4)15(18)20-13(10(2)3)14(17)16-5/h7,10-13H,1,8-9H2,2-6H3,(H,16,17). The van der Waals surface area contributed by atoms with E-state index < -0.39 is 18.0 Å². The van der Waals surface area contributed by atoms with Gasteiger partial charge in [0.15, 0.2) is 6.10 Å². The maximum atomic E-state index is 12.1. The lowest BCUT2D eigenvalue weighted by Crippen LogP contribution is -2.41.